The van der Waals surface area contributed by atoms with Gasteiger partial charge in [0.1, 0.15) is 11.5 Å². The van der Waals surface area contributed by atoms with Gasteiger partial charge in [0.25, 0.3) is 0 Å². The van der Waals surface area contributed by atoms with Crippen molar-refractivity contribution in [1.29, 1.82) is 0 Å². The molecule has 1 unspecified atom stereocenters. The Labute approximate surface area is 122 Å². The van der Waals surface area contributed by atoms with Crippen LogP contribution in [0.4, 0.5) is 0 Å². The predicted octanol–water partition coefficient (Wildman–Crippen LogP) is 3.60. The van der Waals surface area contributed by atoms with Gasteiger partial charge in [0.05, 0.1) is 13.1 Å². The Bertz CT molecular complexity index is 436. The minimum atomic E-state index is 0.745. The third-order valence-electron chi connectivity index (χ3n) is 4.78. The summed E-state index contributed by atoms with van der Waals surface area (Å²) in [5, 5.41) is 3.54. The van der Waals surface area contributed by atoms with E-state index in [-0.39, 0.29) is 0 Å². The summed E-state index contributed by atoms with van der Waals surface area (Å²) in [5.74, 6) is 2.28. The van der Waals surface area contributed by atoms with E-state index in [4.69, 9.17) is 4.42 Å². The predicted molar refractivity (Wildman–Crippen MR) is 81.6 cm³/mol. The molecule has 1 N–H and O–H groups in total. The molecule has 0 spiro atoms. The molecule has 1 saturated carbocycles. The van der Waals surface area contributed by atoms with Gasteiger partial charge in [0, 0.05) is 12.1 Å². The van der Waals surface area contributed by atoms with Crippen LogP contribution in [0.5, 0.6) is 0 Å². The Morgan fingerprint density at radius 3 is 2.90 bits per heavy atom. The summed E-state index contributed by atoms with van der Waals surface area (Å²) in [6.07, 6.45) is 8.01. The molecule has 1 saturated heterocycles. The van der Waals surface area contributed by atoms with Gasteiger partial charge in [-0.05, 0) is 57.2 Å². The second kappa shape index (κ2) is 6.31. The monoisotopic (exact) mass is 276 g/mol. The van der Waals surface area contributed by atoms with Crippen LogP contribution < -0.4 is 5.32 Å². The zero-order valence-corrected chi connectivity index (χ0v) is 13.0. The molecule has 3 nitrogen and oxygen atoms in total. The molecule has 0 aromatic carbocycles. The first-order chi connectivity index (χ1) is 9.76. The molecule has 1 aromatic heterocycles. The van der Waals surface area contributed by atoms with Gasteiger partial charge in [-0.3, -0.25) is 4.90 Å². The van der Waals surface area contributed by atoms with E-state index in [1.165, 1.54) is 50.6 Å². The number of likely N-dealkylation sites (tertiary alicyclic amines) is 1. The van der Waals surface area contributed by atoms with Crippen LogP contribution in [0.1, 0.15) is 62.5 Å². The van der Waals surface area contributed by atoms with Gasteiger partial charge in [-0.1, -0.05) is 13.3 Å². The van der Waals surface area contributed by atoms with Gasteiger partial charge >= 0.3 is 0 Å². The van der Waals surface area contributed by atoms with Crippen molar-refractivity contribution in [2.45, 2.75) is 77.5 Å². The van der Waals surface area contributed by atoms with E-state index in [1.54, 1.807) is 0 Å². The number of nitrogens with zero attached hydrogens (tertiary/aromatic N) is 1. The summed E-state index contributed by atoms with van der Waals surface area (Å²) in [6.45, 7) is 7.59. The molecule has 1 atom stereocenters. The molecule has 2 heterocycles. The number of furan rings is 1. The highest BCUT2D eigenvalue weighted by molar-refractivity contribution is 5.20. The Hall–Kier alpha value is -0.800. The lowest BCUT2D eigenvalue weighted by atomic mass is 10.00. The van der Waals surface area contributed by atoms with E-state index in [9.17, 15) is 0 Å². The molecule has 0 radical (unpaired) electrons. The van der Waals surface area contributed by atoms with E-state index >= 15 is 0 Å². The number of aryl methyl sites for hydroxylation is 1. The highest BCUT2D eigenvalue weighted by Crippen LogP contribution is 2.25. The van der Waals surface area contributed by atoms with E-state index in [2.05, 4.69) is 30.1 Å². The van der Waals surface area contributed by atoms with Crippen LogP contribution in [0.15, 0.2) is 10.5 Å². The molecule has 20 heavy (non-hydrogen) atoms. The van der Waals surface area contributed by atoms with Crippen molar-refractivity contribution in [3.05, 3.63) is 23.2 Å². The maximum atomic E-state index is 6.08. The van der Waals surface area contributed by atoms with Gasteiger partial charge in [-0.2, -0.15) is 0 Å². The third-order valence-corrected chi connectivity index (χ3v) is 4.78. The molecule has 3 heteroatoms. The maximum absolute atomic E-state index is 6.08. The summed E-state index contributed by atoms with van der Waals surface area (Å²) in [6, 6.07) is 3.74. The Balaban J connectivity index is 1.59. The summed E-state index contributed by atoms with van der Waals surface area (Å²) in [4.78, 5) is 2.61. The Morgan fingerprint density at radius 2 is 2.15 bits per heavy atom. The van der Waals surface area contributed by atoms with Crippen LogP contribution in [0, 0.1) is 6.92 Å². The molecule has 112 valence electrons. The van der Waals surface area contributed by atoms with E-state index in [0.717, 1.165) is 36.7 Å². The lowest BCUT2D eigenvalue weighted by Gasteiger charge is -2.34. The SMILES string of the molecule is CCC1CCCCN1Cc1cc(C)c(CNC2CC2)o1. The maximum Gasteiger partial charge on any atom is 0.120 e. The number of rotatable bonds is 6. The second-order valence-corrected chi connectivity index (χ2v) is 6.50. The molecule has 0 bridgehead atoms. The number of hydrogen-bond acceptors (Lipinski definition) is 3. The fourth-order valence-corrected chi connectivity index (χ4v) is 3.30. The van der Waals surface area contributed by atoms with E-state index in [0.29, 0.717) is 0 Å². The van der Waals surface area contributed by atoms with Crippen LogP contribution in [-0.2, 0) is 13.1 Å². The standard InChI is InChI=1S/C17H28N2O/c1-3-15-6-4-5-9-19(15)12-16-10-13(2)17(20-16)11-18-14-7-8-14/h10,14-15,18H,3-9,11-12H2,1-2H3. The quantitative estimate of drug-likeness (QED) is 0.860. The zero-order chi connectivity index (χ0) is 13.9. The van der Waals surface area contributed by atoms with Crippen molar-refractivity contribution in [2.24, 2.45) is 0 Å². The normalized spacial score (nSPS) is 24.2. The average Bonchev–Trinajstić information content (AvgIpc) is 3.22. The van der Waals surface area contributed by atoms with Crippen molar-refractivity contribution in [3.63, 3.8) is 0 Å². The third kappa shape index (κ3) is 3.44. The zero-order valence-electron chi connectivity index (χ0n) is 13.0. The molecule has 2 aliphatic rings. The van der Waals surface area contributed by atoms with Crippen molar-refractivity contribution in [1.82, 2.24) is 10.2 Å². The van der Waals surface area contributed by atoms with Crippen LogP contribution >= 0.6 is 0 Å². The Morgan fingerprint density at radius 1 is 1.30 bits per heavy atom. The number of nitrogens with one attached hydrogen (secondary N) is 1. The molecule has 1 aliphatic carbocycles. The first-order valence-electron chi connectivity index (χ1n) is 8.32. The van der Waals surface area contributed by atoms with Gasteiger partial charge in [-0.15, -0.1) is 0 Å². The molecule has 3 rings (SSSR count). The molecule has 1 aromatic rings. The van der Waals surface area contributed by atoms with Crippen LogP contribution in [0.2, 0.25) is 0 Å². The van der Waals surface area contributed by atoms with Crippen LogP contribution in [-0.4, -0.2) is 23.5 Å². The summed E-state index contributed by atoms with van der Waals surface area (Å²) in [5.41, 5.74) is 1.30. The lowest BCUT2D eigenvalue weighted by molar-refractivity contribution is 0.125. The van der Waals surface area contributed by atoms with Gasteiger partial charge in [0.15, 0.2) is 0 Å². The van der Waals surface area contributed by atoms with E-state index < -0.39 is 0 Å². The second-order valence-electron chi connectivity index (χ2n) is 6.50. The number of piperidine rings is 1. The minimum Gasteiger partial charge on any atom is -0.463 e. The highest BCUT2D eigenvalue weighted by atomic mass is 16.3. The van der Waals surface area contributed by atoms with Gasteiger partial charge in [-0.25, -0.2) is 0 Å². The molecule has 0 amide bonds. The fraction of sp³-hybridized carbons (Fsp3) is 0.765. The first-order valence-corrected chi connectivity index (χ1v) is 8.32. The summed E-state index contributed by atoms with van der Waals surface area (Å²) >= 11 is 0. The van der Waals surface area contributed by atoms with Crippen molar-refractivity contribution in [2.75, 3.05) is 6.54 Å². The summed E-state index contributed by atoms with van der Waals surface area (Å²) < 4.78 is 6.08. The smallest absolute Gasteiger partial charge is 0.120 e. The Kier molecular flexibility index (Phi) is 4.47. The van der Waals surface area contributed by atoms with Crippen LogP contribution in [0.25, 0.3) is 0 Å². The van der Waals surface area contributed by atoms with Crippen molar-refractivity contribution in [3.8, 4) is 0 Å². The largest absolute Gasteiger partial charge is 0.463 e. The molecule has 2 fully saturated rings. The molecular formula is C17H28N2O. The van der Waals surface area contributed by atoms with Crippen molar-refractivity contribution < 1.29 is 4.42 Å². The molecule has 1 aliphatic heterocycles. The topological polar surface area (TPSA) is 28.4 Å². The average molecular weight is 276 g/mol. The van der Waals surface area contributed by atoms with Gasteiger partial charge < -0.3 is 9.73 Å². The fourth-order valence-electron chi connectivity index (χ4n) is 3.30. The molecular weight excluding hydrogens is 248 g/mol. The highest BCUT2D eigenvalue weighted by Gasteiger charge is 2.23. The minimum absolute atomic E-state index is 0.745. The van der Waals surface area contributed by atoms with Crippen LogP contribution in [0.3, 0.4) is 0 Å². The van der Waals surface area contributed by atoms with E-state index in [1.807, 2.05) is 0 Å². The van der Waals surface area contributed by atoms with Gasteiger partial charge in [0.2, 0.25) is 0 Å². The summed E-state index contributed by atoms with van der Waals surface area (Å²) in [7, 11) is 0. The lowest BCUT2D eigenvalue weighted by Crippen LogP contribution is -2.38. The van der Waals surface area contributed by atoms with Crippen molar-refractivity contribution >= 4 is 0 Å². The first kappa shape index (κ1) is 14.2. The number of hydrogen-bond donors (Lipinski definition) is 1.